The second-order valence-electron chi connectivity index (χ2n) is 7.28. The summed E-state index contributed by atoms with van der Waals surface area (Å²) in [6.07, 6.45) is 7.25. The fourth-order valence-electron chi connectivity index (χ4n) is 3.81. The molecule has 152 valence electrons. The van der Waals surface area contributed by atoms with Crippen molar-refractivity contribution in [3.05, 3.63) is 84.8 Å². The van der Waals surface area contributed by atoms with E-state index in [1.54, 1.807) is 18.6 Å². The number of hydrogen-bond donors (Lipinski definition) is 0. The Morgan fingerprint density at radius 2 is 1.73 bits per heavy atom. The Kier molecular flexibility index (Phi) is 5.13. The highest BCUT2D eigenvalue weighted by molar-refractivity contribution is 5.66. The van der Waals surface area contributed by atoms with Gasteiger partial charge in [-0.05, 0) is 36.4 Å². The first-order chi connectivity index (χ1) is 14.8. The standard InChI is InChI=1S/C23H22FN5O/c24-22-4-2-1-3-21(22)23-18(16-27-11-13-30-14-12-27)15-26-29(23)20-7-5-19(6-8-20)28-10-9-25-17-28/h1-10,15,17H,11-14,16H2. The Labute approximate surface area is 174 Å². The Hall–Kier alpha value is -3.29. The maximum atomic E-state index is 14.8. The van der Waals surface area contributed by atoms with Crippen LogP contribution in [0.3, 0.4) is 0 Å². The molecule has 0 aliphatic carbocycles. The van der Waals surface area contributed by atoms with Crippen LogP contribution in [0.1, 0.15) is 5.56 Å². The smallest absolute Gasteiger partial charge is 0.132 e. The first-order valence-corrected chi connectivity index (χ1v) is 10.0. The van der Waals surface area contributed by atoms with Crippen LogP contribution in [0.2, 0.25) is 0 Å². The van der Waals surface area contributed by atoms with E-state index in [9.17, 15) is 4.39 Å². The largest absolute Gasteiger partial charge is 0.379 e. The van der Waals surface area contributed by atoms with Gasteiger partial charge < -0.3 is 9.30 Å². The molecule has 0 bridgehead atoms. The van der Waals surface area contributed by atoms with Crippen LogP contribution in [0.4, 0.5) is 4.39 Å². The minimum absolute atomic E-state index is 0.252. The summed E-state index contributed by atoms with van der Waals surface area (Å²) in [5, 5.41) is 4.63. The monoisotopic (exact) mass is 403 g/mol. The van der Waals surface area contributed by atoms with E-state index >= 15 is 0 Å². The molecule has 6 nitrogen and oxygen atoms in total. The number of hydrogen-bond acceptors (Lipinski definition) is 4. The molecule has 4 aromatic rings. The van der Waals surface area contributed by atoms with Crippen LogP contribution >= 0.6 is 0 Å². The van der Waals surface area contributed by atoms with E-state index in [0.29, 0.717) is 12.1 Å². The zero-order valence-electron chi connectivity index (χ0n) is 16.5. The predicted molar refractivity (Wildman–Crippen MR) is 112 cm³/mol. The number of morpholine rings is 1. The number of nitrogens with zero attached hydrogens (tertiary/aromatic N) is 5. The predicted octanol–water partition coefficient (Wildman–Crippen LogP) is 3.70. The van der Waals surface area contributed by atoms with E-state index in [0.717, 1.165) is 48.9 Å². The summed E-state index contributed by atoms with van der Waals surface area (Å²) in [7, 11) is 0. The molecule has 2 aromatic heterocycles. The quantitative estimate of drug-likeness (QED) is 0.510. The van der Waals surface area contributed by atoms with Gasteiger partial charge in [-0.25, -0.2) is 14.1 Å². The molecule has 2 aromatic carbocycles. The van der Waals surface area contributed by atoms with Crippen LogP contribution in [0.5, 0.6) is 0 Å². The molecule has 3 heterocycles. The van der Waals surface area contributed by atoms with Gasteiger partial charge in [0.25, 0.3) is 0 Å². The van der Waals surface area contributed by atoms with E-state index in [2.05, 4.69) is 15.0 Å². The highest BCUT2D eigenvalue weighted by atomic mass is 19.1. The molecule has 1 saturated heterocycles. The molecule has 0 spiro atoms. The van der Waals surface area contributed by atoms with Gasteiger partial charge in [-0.2, -0.15) is 5.10 Å². The van der Waals surface area contributed by atoms with Crippen molar-refractivity contribution in [3.63, 3.8) is 0 Å². The van der Waals surface area contributed by atoms with Crippen molar-refractivity contribution in [2.75, 3.05) is 26.3 Å². The lowest BCUT2D eigenvalue weighted by Crippen LogP contribution is -2.35. The lowest BCUT2D eigenvalue weighted by Gasteiger charge is -2.26. The van der Waals surface area contributed by atoms with Crippen LogP contribution in [-0.4, -0.2) is 50.5 Å². The van der Waals surface area contributed by atoms with Crippen LogP contribution in [0.15, 0.2) is 73.4 Å². The molecule has 0 N–H and O–H groups in total. The Morgan fingerprint density at radius 3 is 2.47 bits per heavy atom. The number of halogens is 1. The van der Waals surface area contributed by atoms with Crippen molar-refractivity contribution in [3.8, 4) is 22.6 Å². The minimum atomic E-state index is -0.252. The summed E-state index contributed by atoms with van der Waals surface area (Å²) in [4.78, 5) is 6.41. The summed E-state index contributed by atoms with van der Waals surface area (Å²) < 4.78 is 24.0. The van der Waals surface area contributed by atoms with Crippen LogP contribution in [-0.2, 0) is 11.3 Å². The number of ether oxygens (including phenoxy) is 1. The van der Waals surface area contributed by atoms with E-state index in [1.165, 1.54) is 6.07 Å². The molecule has 0 amide bonds. The number of imidazole rings is 1. The molecule has 1 aliphatic rings. The van der Waals surface area contributed by atoms with Gasteiger partial charge in [0.05, 0.1) is 37.1 Å². The minimum Gasteiger partial charge on any atom is -0.379 e. The molecule has 7 heteroatoms. The van der Waals surface area contributed by atoms with E-state index in [-0.39, 0.29) is 5.82 Å². The number of benzene rings is 2. The van der Waals surface area contributed by atoms with Gasteiger partial charge >= 0.3 is 0 Å². The molecule has 5 rings (SSSR count). The summed E-state index contributed by atoms with van der Waals surface area (Å²) in [5.41, 5.74) is 4.22. The van der Waals surface area contributed by atoms with Crippen molar-refractivity contribution in [1.82, 2.24) is 24.2 Å². The molecular weight excluding hydrogens is 381 g/mol. The van der Waals surface area contributed by atoms with Crippen molar-refractivity contribution in [2.45, 2.75) is 6.54 Å². The third kappa shape index (κ3) is 3.65. The van der Waals surface area contributed by atoms with Crippen LogP contribution < -0.4 is 0 Å². The van der Waals surface area contributed by atoms with Crippen LogP contribution in [0.25, 0.3) is 22.6 Å². The van der Waals surface area contributed by atoms with E-state index < -0.39 is 0 Å². The molecule has 30 heavy (non-hydrogen) atoms. The average Bonchev–Trinajstić information content (AvgIpc) is 3.46. The van der Waals surface area contributed by atoms with Crippen LogP contribution in [0, 0.1) is 5.82 Å². The molecule has 0 saturated carbocycles. The first kappa shape index (κ1) is 18.7. The van der Waals surface area contributed by atoms with Crippen molar-refractivity contribution in [2.24, 2.45) is 0 Å². The Morgan fingerprint density at radius 1 is 0.967 bits per heavy atom. The molecular formula is C23H22FN5O. The molecule has 0 unspecified atom stereocenters. The van der Waals surface area contributed by atoms with Gasteiger partial charge in [0.1, 0.15) is 5.82 Å². The van der Waals surface area contributed by atoms with Gasteiger partial charge in [-0.15, -0.1) is 0 Å². The summed E-state index contributed by atoms with van der Waals surface area (Å²) in [6.45, 7) is 3.88. The van der Waals surface area contributed by atoms with E-state index in [1.807, 2.05) is 58.0 Å². The lowest BCUT2D eigenvalue weighted by molar-refractivity contribution is 0.0342. The molecule has 0 radical (unpaired) electrons. The molecule has 0 atom stereocenters. The van der Waals surface area contributed by atoms with Gasteiger partial charge in [0.15, 0.2) is 0 Å². The molecule has 1 aliphatic heterocycles. The highest BCUT2D eigenvalue weighted by Crippen LogP contribution is 2.30. The number of rotatable bonds is 5. The third-order valence-corrected chi connectivity index (χ3v) is 5.37. The zero-order valence-corrected chi connectivity index (χ0v) is 16.5. The SMILES string of the molecule is Fc1ccccc1-c1c(CN2CCOCC2)cnn1-c1ccc(-n2ccnc2)cc1. The lowest BCUT2D eigenvalue weighted by atomic mass is 10.1. The topological polar surface area (TPSA) is 48.1 Å². The maximum absolute atomic E-state index is 14.8. The van der Waals surface area contributed by atoms with Gasteiger partial charge in [0.2, 0.25) is 0 Å². The number of aromatic nitrogens is 4. The Bertz CT molecular complexity index is 1110. The van der Waals surface area contributed by atoms with Gasteiger partial charge in [-0.3, -0.25) is 4.90 Å². The van der Waals surface area contributed by atoms with Crippen molar-refractivity contribution >= 4 is 0 Å². The van der Waals surface area contributed by atoms with Gasteiger partial charge in [-0.1, -0.05) is 12.1 Å². The average molecular weight is 403 g/mol. The van der Waals surface area contributed by atoms with E-state index in [4.69, 9.17) is 4.74 Å². The first-order valence-electron chi connectivity index (χ1n) is 10.0. The third-order valence-electron chi connectivity index (χ3n) is 5.37. The Balaban J connectivity index is 1.55. The highest BCUT2D eigenvalue weighted by Gasteiger charge is 2.20. The summed E-state index contributed by atoms with van der Waals surface area (Å²) >= 11 is 0. The molecule has 1 fully saturated rings. The van der Waals surface area contributed by atoms with Crippen molar-refractivity contribution in [1.29, 1.82) is 0 Å². The maximum Gasteiger partial charge on any atom is 0.132 e. The van der Waals surface area contributed by atoms with Crippen molar-refractivity contribution < 1.29 is 9.13 Å². The fourth-order valence-corrected chi connectivity index (χ4v) is 3.81. The zero-order chi connectivity index (χ0) is 20.3. The second-order valence-corrected chi connectivity index (χ2v) is 7.28. The second kappa shape index (κ2) is 8.22. The normalized spacial score (nSPS) is 14.8. The fraction of sp³-hybridized carbons (Fsp3) is 0.217. The van der Waals surface area contributed by atoms with Gasteiger partial charge in [0, 0.05) is 48.8 Å². The summed E-state index contributed by atoms with van der Waals surface area (Å²) in [6, 6.07) is 14.9. The summed E-state index contributed by atoms with van der Waals surface area (Å²) in [5.74, 6) is -0.252.